The summed E-state index contributed by atoms with van der Waals surface area (Å²) in [6.45, 7) is 1.50. The normalized spacial score (nSPS) is 10.5. The molecule has 0 amide bonds. The molecule has 0 saturated carbocycles. The van der Waals surface area contributed by atoms with Crippen molar-refractivity contribution in [2.75, 3.05) is 0 Å². The van der Waals surface area contributed by atoms with Crippen molar-refractivity contribution in [2.45, 2.75) is 13.3 Å². The predicted molar refractivity (Wildman–Crippen MR) is 73.3 cm³/mol. The Labute approximate surface area is 118 Å². The Kier molecular flexibility index (Phi) is 4.10. The fraction of sp³-hybridized carbons (Fsp3) is 0.133. The molecule has 19 heavy (non-hydrogen) atoms. The van der Waals surface area contributed by atoms with Crippen molar-refractivity contribution >= 4 is 21.7 Å². The second-order valence-electron chi connectivity index (χ2n) is 4.27. The Morgan fingerprint density at radius 3 is 2.53 bits per heavy atom. The highest BCUT2D eigenvalue weighted by atomic mass is 79.9. The van der Waals surface area contributed by atoms with Gasteiger partial charge in [0.05, 0.1) is 5.56 Å². The molecule has 0 fully saturated rings. The molecule has 0 heterocycles. The summed E-state index contributed by atoms with van der Waals surface area (Å²) in [5, 5.41) is 0. The van der Waals surface area contributed by atoms with Gasteiger partial charge in [-0.2, -0.15) is 0 Å². The molecule has 0 unspecified atom stereocenters. The highest BCUT2D eigenvalue weighted by molar-refractivity contribution is 9.10. The number of ketones is 1. The summed E-state index contributed by atoms with van der Waals surface area (Å²) in [7, 11) is 0. The van der Waals surface area contributed by atoms with Crippen LogP contribution in [-0.2, 0) is 6.42 Å². The molecule has 0 aliphatic heterocycles. The Balaban J connectivity index is 2.31. The van der Waals surface area contributed by atoms with Crippen molar-refractivity contribution in [3.8, 4) is 0 Å². The maximum atomic E-state index is 13.6. The van der Waals surface area contributed by atoms with Crippen LogP contribution in [0.4, 0.5) is 8.78 Å². The van der Waals surface area contributed by atoms with E-state index in [1.807, 2.05) is 12.1 Å². The number of aryl methyl sites for hydroxylation is 1. The second kappa shape index (κ2) is 5.61. The number of hydrogen-bond acceptors (Lipinski definition) is 1. The van der Waals surface area contributed by atoms with Crippen LogP contribution in [-0.4, -0.2) is 5.78 Å². The van der Waals surface area contributed by atoms with E-state index in [1.54, 1.807) is 12.1 Å². The quantitative estimate of drug-likeness (QED) is 0.762. The summed E-state index contributed by atoms with van der Waals surface area (Å²) >= 11 is 3.34. The standard InChI is InChI=1S/C15H11BrF2O/c1-9-6-11(14(18)8-13(9)17)15(19)7-10-4-2-3-5-12(10)16/h2-6,8H,7H2,1H3. The first-order chi connectivity index (χ1) is 8.99. The molecule has 2 aromatic carbocycles. The molecule has 0 saturated heterocycles. The van der Waals surface area contributed by atoms with E-state index in [0.717, 1.165) is 16.1 Å². The monoisotopic (exact) mass is 324 g/mol. The van der Waals surface area contributed by atoms with E-state index < -0.39 is 11.6 Å². The zero-order valence-corrected chi connectivity index (χ0v) is 11.8. The number of Topliss-reactive ketones (excluding diaryl/α,β-unsaturated/α-hetero) is 1. The third kappa shape index (κ3) is 3.07. The number of hydrogen-bond donors (Lipinski definition) is 0. The van der Waals surface area contributed by atoms with E-state index in [4.69, 9.17) is 0 Å². The largest absolute Gasteiger partial charge is 0.294 e. The minimum atomic E-state index is -0.819. The summed E-state index contributed by atoms with van der Waals surface area (Å²) in [4.78, 5) is 12.1. The number of halogens is 3. The molecule has 2 rings (SSSR count). The molecular formula is C15H11BrF2O. The molecule has 0 atom stereocenters. The van der Waals surface area contributed by atoms with Crippen molar-refractivity contribution in [3.05, 3.63) is 69.2 Å². The first kappa shape index (κ1) is 13.9. The second-order valence-corrected chi connectivity index (χ2v) is 5.13. The van der Waals surface area contributed by atoms with Crippen LogP contribution in [0.1, 0.15) is 21.5 Å². The van der Waals surface area contributed by atoms with Crippen molar-refractivity contribution in [3.63, 3.8) is 0 Å². The van der Waals surface area contributed by atoms with Crippen LogP contribution in [0.15, 0.2) is 40.9 Å². The number of rotatable bonds is 3. The summed E-state index contributed by atoms with van der Waals surface area (Å²) in [6, 6.07) is 9.25. The van der Waals surface area contributed by atoms with Crippen molar-refractivity contribution in [2.24, 2.45) is 0 Å². The maximum Gasteiger partial charge on any atom is 0.170 e. The van der Waals surface area contributed by atoms with Gasteiger partial charge in [0.2, 0.25) is 0 Å². The minimum Gasteiger partial charge on any atom is -0.294 e. The summed E-state index contributed by atoms with van der Waals surface area (Å²) in [5.74, 6) is -1.83. The van der Waals surface area contributed by atoms with Gasteiger partial charge in [-0.1, -0.05) is 34.1 Å². The molecule has 2 aromatic rings. The zero-order valence-electron chi connectivity index (χ0n) is 10.2. The molecule has 98 valence electrons. The van der Waals surface area contributed by atoms with Crippen LogP contribution in [0, 0.1) is 18.6 Å². The third-order valence-corrected chi connectivity index (χ3v) is 3.63. The van der Waals surface area contributed by atoms with Gasteiger partial charge in [0.15, 0.2) is 5.78 Å². The Hall–Kier alpha value is -1.55. The van der Waals surface area contributed by atoms with Crippen molar-refractivity contribution in [1.82, 2.24) is 0 Å². The van der Waals surface area contributed by atoms with E-state index in [9.17, 15) is 13.6 Å². The van der Waals surface area contributed by atoms with Crippen LogP contribution in [0.2, 0.25) is 0 Å². The number of carbonyl (C=O) groups is 1. The predicted octanol–water partition coefficient (Wildman–Crippen LogP) is 4.46. The van der Waals surface area contributed by atoms with Gasteiger partial charge in [-0.25, -0.2) is 8.78 Å². The van der Waals surface area contributed by atoms with Crippen molar-refractivity contribution < 1.29 is 13.6 Å². The number of benzene rings is 2. The molecule has 0 radical (unpaired) electrons. The fourth-order valence-corrected chi connectivity index (χ4v) is 2.21. The summed E-state index contributed by atoms with van der Waals surface area (Å²) < 4.78 is 27.6. The highest BCUT2D eigenvalue weighted by Crippen LogP contribution is 2.20. The van der Waals surface area contributed by atoms with Gasteiger partial charge in [0, 0.05) is 17.0 Å². The van der Waals surface area contributed by atoms with Crippen LogP contribution in [0.3, 0.4) is 0 Å². The van der Waals surface area contributed by atoms with Crippen LogP contribution < -0.4 is 0 Å². The average molecular weight is 325 g/mol. The lowest BCUT2D eigenvalue weighted by atomic mass is 10.0. The zero-order chi connectivity index (χ0) is 14.0. The number of carbonyl (C=O) groups excluding carboxylic acids is 1. The SMILES string of the molecule is Cc1cc(C(=O)Cc2ccccc2Br)c(F)cc1F. The molecular weight excluding hydrogens is 314 g/mol. The topological polar surface area (TPSA) is 17.1 Å². The Morgan fingerprint density at radius 1 is 1.16 bits per heavy atom. The smallest absolute Gasteiger partial charge is 0.170 e. The van der Waals surface area contributed by atoms with Crippen LogP contribution >= 0.6 is 15.9 Å². The highest BCUT2D eigenvalue weighted by Gasteiger charge is 2.15. The van der Waals surface area contributed by atoms with E-state index in [-0.39, 0.29) is 23.3 Å². The van der Waals surface area contributed by atoms with Gasteiger partial charge in [0.1, 0.15) is 11.6 Å². The van der Waals surface area contributed by atoms with Gasteiger partial charge >= 0.3 is 0 Å². The maximum absolute atomic E-state index is 13.6. The average Bonchev–Trinajstić information content (AvgIpc) is 2.36. The van der Waals surface area contributed by atoms with E-state index in [2.05, 4.69) is 15.9 Å². The molecule has 0 bridgehead atoms. The first-order valence-corrected chi connectivity index (χ1v) is 6.50. The Bertz CT molecular complexity index is 638. The van der Waals surface area contributed by atoms with Gasteiger partial charge < -0.3 is 0 Å². The lowest BCUT2D eigenvalue weighted by molar-refractivity contribution is 0.0988. The van der Waals surface area contributed by atoms with E-state index in [0.29, 0.717) is 0 Å². The fourth-order valence-electron chi connectivity index (χ4n) is 1.78. The van der Waals surface area contributed by atoms with Gasteiger partial charge in [0.25, 0.3) is 0 Å². The molecule has 0 spiro atoms. The Morgan fingerprint density at radius 2 is 1.84 bits per heavy atom. The van der Waals surface area contributed by atoms with Gasteiger partial charge in [-0.3, -0.25) is 4.79 Å². The lowest BCUT2D eigenvalue weighted by Gasteiger charge is -2.06. The molecule has 0 aliphatic carbocycles. The minimum absolute atomic E-state index is 0.0728. The molecule has 1 nitrogen and oxygen atoms in total. The molecule has 0 N–H and O–H groups in total. The molecule has 4 heteroatoms. The van der Waals surface area contributed by atoms with E-state index in [1.165, 1.54) is 13.0 Å². The van der Waals surface area contributed by atoms with Crippen molar-refractivity contribution in [1.29, 1.82) is 0 Å². The first-order valence-electron chi connectivity index (χ1n) is 5.71. The summed E-state index contributed by atoms with van der Waals surface area (Å²) in [5.41, 5.74) is 0.959. The lowest BCUT2D eigenvalue weighted by Crippen LogP contribution is -2.08. The van der Waals surface area contributed by atoms with Crippen LogP contribution in [0.5, 0.6) is 0 Å². The van der Waals surface area contributed by atoms with Crippen LogP contribution in [0.25, 0.3) is 0 Å². The molecule has 0 aromatic heterocycles. The molecule has 0 aliphatic rings. The van der Waals surface area contributed by atoms with Gasteiger partial charge in [-0.05, 0) is 30.2 Å². The summed E-state index contributed by atoms with van der Waals surface area (Å²) in [6.07, 6.45) is 0.0728. The van der Waals surface area contributed by atoms with Gasteiger partial charge in [-0.15, -0.1) is 0 Å². The van der Waals surface area contributed by atoms with E-state index >= 15 is 0 Å². The third-order valence-electron chi connectivity index (χ3n) is 2.86.